The van der Waals surface area contributed by atoms with Crippen molar-refractivity contribution in [2.45, 2.75) is 19.8 Å². The Kier molecular flexibility index (Phi) is 5.42. The lowest BCUT2D eigenvalue weighted by atomic mass is 9.64. The number of imide groups is 1. The molecule has 0 bridgehead atoms. The van der Waals surface area contributed by atoms with Gasteiger partial charge in [0.15, 0.2) is 0 Å². The summed E-state index contributed by atoms with van der Waals surface area (Å²) in [6.45, 7) is 3.94. The van der Waals surface area contributed by atoms with E-state index in [4.69, 9.17) is 9.47 Å². The Labute approximate surface area is 231 Å². The van der Waals surface area contributed by atoms with Crippen LogP contribution in [0.1, 0.15) is 28.2 Å². The molecule has 0 unspecified atom stereocenters. The summed E-state index contributed by atoms with van der Waals surface area (Å²) in [5.41, 5.74) is 4.98. The Morgan fingerprint density at radius 1 is 0.800 bits per heavy atom. The van der Waals surface area contributed by atoms with E-state index >= 15 is 0 Å². The molecular formula is C34H27NO5. The zero-order chi connectivity index (χ0) is 27.7. The predicted octanol–water partition coefficient (Wildman–Crippen LogP) is 5.99. The number of amides is 2. The number of carbonyl (C=O) groups is 3. The number of nitrogens with zero attached hydrogens (tertiary/aromatic N) is 1. The second kappa shape index (κ2) is 8.91. The van der Waals surface area contributed by atoms with Crippen LogP contribution in [-0.2, 0) is 14.4 Å². The number of benzene rings is 4. The first-order chi connectivity index (χ1) is 19.4. The standard InChI is InChI=1S/C34H27NO5/c1-18-8-12-22(16-19(18)2)35-32(36)28-26(21-9-13-23(39-3)14-10-21)17-27-25-15-11-20-6-4-5-7-24(20)31(25)40-34(38)29(27)30(28)33(35)37/h4-17,26,28-30H,1-3H3/t26-,28-,29-,30-/m0/s1. The van der Waals surface area contributed by atoms with E-state index in [0.29, 0.717) is 17.2 Å². The van der Waals surface area contributed by atoms with Crippen LogP contribution in [0.2, 0.25) is 0 Å². The van der Waals surface area contributed by atoms with Crippen LogP contribution in [0.4, 0.5) is 5.69 Å². The van der Waals surface area contributed by atoms with Crippen molar-refractivity contribution in [3.05, 3.63) is 107 Å². The Bertz CT molecular complexity index is 1770. The lowest BCUT2D eigenvalue weighted by Gasteiger charge is -2.38. The second-order valence-corrected chi connectivity index (χ2v) is 10.8. The molecule has 2 amide bonds. The first-order valence-electron chi connectivity index (χ1n) is 13.4. The van der Waals surface area contributed by atoms with Crippen LogP contribution < -0.4 is 14.4 Å². The van der Waals surface area contributed by atoms with Crippen LogP contribution in [0.3, 0.4) is 0 Å². The van der Waals surface area contributed by atoms with Gasteiger partial charge in [0.25, 0.3) is 0 Å². The Balaban J connectivity index is 1.43. The van der Waals surface area contributed by atoms with E-state index in [1.54, 1.807) is 13.2 Å². The van der Waals surface area contributed by atoms with Crippen molar-refractivity contribution in [2.24, 2.45) is 17.8 Å². The summed E-state index contributed by atoms with van der Waals surface area (Å²) in [6, 6.07) is 24.9. The van der Waals surface area contributed by atoms with Gasteiger partial charge in [-0.05, 0) is 65.8 Å². The minimum atomic E-state index is -0.881. The summed E-state index contributed by atoms with van der Waals surface area (Å²) in [7, 11) is 1.60. The second-order valence-electron chi connectivity index (χ2n) is 10.8. The van der Waals surface area contributed by atoms with Gasteiger partial charge in [-0.25, -0.2) is 4.90 Å². The Hall–Kier alpha value is -4.71. The van der Waals surface area contributed by atoms with E-state index in [2.05, 4.69) is 0 Å². The molecule has 0 saturated carbocycles. The minimum Gasteiger partial charge on any atom is -0.497 e. The monoisotopic (exact) mass is 529 g/mol. The molecule has 2 aliphatic heterocycles. The summed E-state index contributed by atoms with van der Waals surface area (Å²) in [4.78, 5) is 43.4. The fraction of sp³-hybridized carbons (Fsp3) is 0.206. The number of carbonyl (C=O) groups excluding carboxylic acids is 3. The first kappa shape index (κ1) is 24.3. The van der Waals surface area contributed by atoms with E-state index in [1.807, 2.05) is 92.7 Å². The van der Waals surface area contributed by atoms with Gasteiger partial charge in [0.2, 0.25) is 11.8 Å². The summed E-state index contributed by atoms with van der Waals surface area (Å²) in [5.74, 6) is -2.88. The van der Waals surface area contributed by atoms with Crippen LogP contribution in [0.25, 0.3) is 16.3 Å². The molecule has 1 fully saturated rings. The summed E-state index contributed by atoms with van der Waals surface area (Å²) in [6.07, 6.45) is 2.01. The van der Waals surface area contributed by atoms with Gasteiger partial charge >= 0.3 is 5.97 Å². The highest BCUT2D eigenvalue weighted by Crippen LogP contribution is 2.55. The van der Waals surface area contributed by atoms with Gasteiger partial charge in [-0.3, -0.25) is 14.4 Å². The Morgan fingerprint density at radius 2 is 1.55 bits per heavy atom. The van der Waals surface area contributed by atoms with Crippen LogP contribution >= 0.6 is 0 Å². The highest BCUT2D eigenvalue weighted by Gasteiger charge is 2.60. The fourth-order valence-corrected chi connectivity index (χ4v) is 6.56. The average Bonchev–Trinajstić information content (AvgIpc) is 3.24. The molecule has 4 aromatic carbocycles. The van der Waals surface area contributed by atoms with Gasteiger partial charge in [0.1, 0.15) is 11.5 Å². The van der Waals surface area contributed by atoms with E-state index in [0.717, 1.165) is 38.6 Å². The number of hydrogen-bond acceptors (Lipinski definition) is 5. The zero-order valence-electron chi connectivity index (χ0n) is 22.4. The smallest absolute Gasteiger partial charge is 0.319 e. The molecule has 7 rings (SSSR count). The minimum absolute atomic E-state index is 0.300. The Morgan fingerprint density at radius 3 is 2.30 bits per heavy atom. The molecule has 0 spiro atoms. The number of anilines is 1. The van der Waals surface area contributed by atoms with Gasteiger partial charge < -0.3 is 9.47 Å². The number of allylic oxidation sites excluding steroid dienone is 1. The van der Waals surface area contributed by atoms with Crippen molar-refractivity contribution < 1.29 is 23.9 Å². The SMILES string of the molecule is COc1ccc([C@@H]2C=C3c4ccc5ccccc5c4OC(=O)[C@@H]3[C@H]3C(=O)N(c4ccc(C)c(C)c4)C(=O)[C@H]32)cc1. The van der Waals surface area contributed by atoms with Crippen LogP contribution in [0, 0.1) is 31.6 Å². The lowest BCUT2D eigenvalue weighted by molar-refractivity contribution is -0.142. The largest absolute Gasteiger partial charge is 0.497 e. The van der Waals surface area contributed by atoms with Crippen molar-refractivity contribution in [3.8, 4) is 11.5 Å². The fourth-order valence-electron chi connectivity index (χ4n) is 6.56. The molecule has 1 aliphatic carbocycles. The summed E-state index contributed by atoms with van der Waals surface area (Å²) in [5, 5.41) is 1.79. The van der Waals surface area contributed by atoms with Crippen LogP contribution in [0.5, 0.6) is 11.5 Å². The van der Waals surface area contributed by atoms with Gasteiger partial charge in [-0.2, -0.15) is 0 Å². The molecule has 0 aromatic heterocycles. The molecule has 1 saturated heterocycles. The number of ether oxygens (including phenoxy) is 2. The highest BCUT2D eigenvalue weighted by atomic mass is 16.5. The summed E-state index contributed by atoms with van der Waals surface area (Å²) >= 11 is 0. The van der Waals surface area contributed by atoms with Crippen molar-refractivity contribution in [2.75, 3.05) is 12.0 Å². The zero-order valence-corrected chi connectivity index (χ0v) is 22.4. The third-order valence-corrected chi connectivity index (χ3v) is 8.73. The molecule has 4 atom stereocenters. The van der Waals surface area contributed by atoms with Gasteiger partial charge in [-0.15, -0.1) is 0 Å². The van der Waals surface area contributed by atoms with Gasteiger partial charge in [0, 0.05) is 16.9 Å². The maximum absolute atomic E-state index is 14.2. The predicted molar refractivity (Wildman–Crippen MR) is 152 cm³/mol. The van der Waals surface area contributed by atoms with Crippen molar-refractivity contribution in [3.63, 3.8) is 0 Å². The quantitative estimate of drug-likeness (QED) is 0.185. The maximum atomic E-state index is 14.2. The highest BCUT2D eigenvalue weighted by molar-refractivity contribution is 6.24. The molecule has 3 aliphatic rings. The van der Waals surface area contributed by atoms with E-state index in [9.17, 15) is 14.4 Å². The van der Waals surface area contributed by atoms with Gasteiger partial charge in [-0.1, -0.05) is 60.7 Å². The normalized spacial score (nSPS) is 23.3. The third-order valence-electron chi connectivity index (χ3n) is 8.73. The van der Waals surface area contributed by atoms with E-state index in [-0.39, 0.29) is 11.8 Å². The van der Waals surface area contributed by atoms with Crippen LogP contribution in [0.15, 0.2) is 84.9 Å². The number of fused-ring (bicyclic) bond motifs is 7. The van der Waals surface area contributed by atoms with Crippen molar-refractivity contribution in [1.29, 1.82) is 0 Å². The van der Waals surface area contributed by atoms with E-state index in [1.165, 1.54) is 4.90 Å². The third kappa shape index (κ3) is 3.45. The topological polar surface area (TPSA) is 72.9 Å². The number of methoxy groups -OCH3 is 1. The molecule has 4 aromatic rings. The average molecular weight is 530 g/mol. The molecular weight excluding hydrogens is 502 g/mol. The van der Waals surface area contributed by atoms with Crippen molar-refractivity contribution >= 4 is 39.8 Å². The first-order valence-corrected chi connectivity index (χ1v) is 13.4. The molecule has 198 valence electrons. The molecule has 6 heteroatoms. The van der Waals surface area contributed by atoms with E-state index < -0.39 is 29.6 Å². The van der Waals surface area contributed by atoms with Crippen LogP contribution in [-0.4, -0.2) is 24.9 Å². The molecule has 0 radical (unpaired) electrons. The molecule has 0 N–H and O–H groups in total. The lowest BCUT2D eigenvalue weighted by Crippen LogP contribution is -2.42. The number of esters is 1. The van der Waals surface area contributed by atoms with Crippen molar-refractivity contribution in [1.82, 2.24) is 0 Å². The molecule has 2 heterocycles. The maximum Gasteiger partial charge on any atom is 0.319 e. The summed E-state index contributed by atoms with van der Waals surface area (Å²) < 4.78 is 11.3. The van der Waals surface area contributed by atoms with Gasteiger partial charge in [0.05, 0.1) is 30.6 Å². The molecule has 6 nitrogen and oxygen atoms in total. The number of aryl methyl sites for hydroxylation is 2. The number of rotatable bonds is 3. The molecule has 40 heavy (non-hydrogen) atoms. The number of hydrogen-bond donors (Lipinski definition) is 0.